The lowest BCUT2D eigenvalue weighted by atomic mass is 10.2. The van der Waals surface area contributed by atoms with Crippen LogP contribution < -0.4 is 5.32 Å². The van der Waals surface area contributed by atoms with Gasteiger partial charge in [0, 0.05) is 41.9 Å². The zero-order chi connectivity index (χ0) is 14.3. The number of nitrogens with one attached hydrogen (secondary N) is 1. The summed E-state index contributed by atoms with van der Waals surface area (Å²) in [5.74, 6) is 0.907. The van der Waals surface area contributed by atoms with Crippen LogP contribution in [0, 0.1) is 0 Å². The van der Waals surface area contributed by atoms with Crippen LogP contribution in [0.2, 0.25) is 0 Å². The molecule has 3 unspecified atom stereocenters. The summed E-state index contributed by atoms with van der Waals surface area (Å²) in [5.41, 5.74) is 0. The van der Waals surface area contributed by atoms with Crippen LogP contribution in [0.4, 0.5) is 0 Å². The van der Waals surface area contributed by atoms with E-state index in [4.69, 9.17) is 0 Å². The van der Waals surface area contributed by atoms with E-state index in [9.17, 15) is 9.00 Å². The Balaban J connectivity index is 2.36. The number of likely N-dealkylation sites (tertiary alicyclic amines) is 1. The maximum absolute atomic E-state index is 12.3. The molecule has 0 aromatic rings. The number of carbonyl (C=O) groups is 1. The maximum Gasteiger partial charge on any atom is 0.239 e. The lowest BCUT2D eigenvalue weighted by molar-refractivity contribution is -0.133. The zero-order valence-corrected chi connectivity index (χ0v) is 13.3. The molecule has 1 N–H and O–H groups in total. The van der Waals surface area contributed by atoms with E-state index < -0.39 is 10.8 Å². The molecule has 1 amide bonds. The van der Waals surface area contributed by atoms with E-state index in [0.717, 1.165) is 32.4 Å². The zero-order valence-electron chi connectivity index (χ0n) is 12.5. The largest absolute Gasteiger partial charge is 0.341 e. The maximum atomic E-state index is 12.3. The second-order valence-corrected chi connectivity index (χ2v) is 7.15. The summed E-state index contributed by atoms with van der Waals surface area (Å²) in [6, 6.07) is 0.0909. The molecule has 0 aromatic carbocycles. The van der Waals surface area contributed by atoms with Crippen molar-refractivity contribution in [2.24, 2.45) is 0 Å². The number of carbonyl (C=O) groups excluding carboxylic acids is 1. The minimum Gasteiger partial charge on any atom is -0.341 e. The Morgan fingerprint density at radius 3 is 2.32 bits per heavy atom. The second kappa shape index (κ2) is 8.69. The van der Waals surface area contributed by atoms with Gasteiger partial charge in [-0.2, -0.15) is 0 Å². The van der Waals surface area contributed by atoms with E-state index in [1.165, 1.54) is 12.8 Å². The fraction of sp³-hybridized carbons (Fsp3) is 0.929. The first-order valence-corrected chi connectivity index (χ1v) is 9.08. The van der Waals surface area contributed by atoms with Gasteiger partial charge < -0.3 is 10.2 Å². The van der Waals surface area contributed by atoms with Gasteiger partial charge in [0.25, 0.3) is 0 Å². The van der Waals surface area contributed by atoms with E-state index in [1.54, 1.807) is 6.26 Å². The first kappa shape index (κ1) is 16.6. The first-order chi connectivity index (χ1) is 9.00. The monoisotopic (exact) mass is 288 g/mol. The van der Waals surface area contributed by atoms with Crippen LogP contribution in [0.1, 0.15) is 46.0 Å². The van der Waals surface area contributed by atoms with E-state index in [-0.39, 0.29) is 18.0 Å². The smallest absolute Gasteiger partial charge is 0.239 e. The molecular formula is C14H28N2O2S. The Morgan fingerprint density at radius 2 is 1.79 bits per heavy atom. The standard InChI is InChI=1S/C14H28N2O2S/c1-12(8-11-19(3)18)15-13(2)14(17)16-9-6-4-5-7-10-16/h12-13,15H,4-11H2,1-3H3. The lowest BCUT2D eigenvalue weighted by Crippen LogP contribution is -2.48. The molecule has 0 radical (unpaired) electrons. The van der Waals surface area contributed by atoms with Crippen molar-refractivity contribution in [3.8, 4) is 0 Å². The highest BCUT2D eigenvalue weighted by atomic mass is 32.2. The average Bonchev–Trinajstić information content (AvgIpc) is 2.64. The van der Waals surface area contributed by atoms with Crippen molar-refractivity contribution < 1.29 is 9.00 Å². The molecule has 0 bridgehead atoms. The number of hydrogen-bond acceptors (Lipinski definition) is 3. The number of amides is 1. The summed E-state index contributed by atoms with van der Waals surface area (Å²) in [6.45, 7) is 5.79. The molecule has 0 aliphatic carbocycles. The summed E-state index contributed by atoms with van der Waals surface area (Å²) >= 11 is 0. The highest BCUT2D eigenvalue weighted by Gasteiger charge is 2.22. The Hall–Kier alpha value is -0.420. The van der Waals surface area contributed by atoms with Crippen LogP contribution in [0.5, 0.6) is 0 Å². The second-order valence-electron chi connectivity index (χ2n) is 5.59. The molecule has 5 heteroatoms. The van der Waals surface area contributed by atoms with Gasteiger partial charge in [-0.15, -0.1) is 0 Å². The highest BCUT2D eigenvalue weighted by molar-refractivity contribution is 7.84. The molecule has 1 saturated heterocycles. The molecule has 1 aliphatic heterocycles. The molecule has 112 valence electrons. The average molecular weight is 288 g/mol. The Labute approximate surface area is 119 Å². The third-order valence-corrected chi connectivity index (χ3v) is 4.47. The molecule has 1 aliphatic rings. The van der Waals surface area contributed by atoms with Crippen molar-refractivity contribution >= 4 is 16.7 Å². The normalized spacial score (nSPS) is 21.5. The molecule has 4 nitrogen and oxygen atoms in total. The summed E-state index contributed by atoms with van der Waals surface area (Å²) in [7, 11) is -0.754. The van der Waals surface area contributed by atoms with Gasteiger partial charge in [-0.25, -0.2) is 0 Å². The Kier molecular flexibility index (Phi) is 7.61. The fourth-order valence-electron chi connectivity index (χ4n) is 2.49. The van der Waals surface area contributed by atoms with Crippen molar-refractivity contribution in [1.82, 2.24) is 10.2 Å². The molecule has 3 atom stereocenters. The summed E-state index contributed by atoms with van der Waals surface area (Å²) < 4.78 is 11.1. The topological polar surface area (TPSA) is 49.4 Å². The lowest BCUT2D eigenvalue weighted by Gasteiger charge is -2.26. The van der Waals surface area contributed by atoms with Crippen LogP contribution >= 0.6 is 0 Å². The van der Waals surface area contributed by atoms with Gasteiger partial charge in [0.2, 0.25) is 5.91 Å². The molecular weight excluding hydrogens is 260 g/mol. The summed E-state index contributed by atoms with van der Waals surface area (Å²) in [5, 5.41) is 3.33. The Bertz CT molecular complexity index is 302. The fourth-order valence-corrected chi connectivity index (χ4v) is 3.17. The van der Waals surface area contributed by atoms with E-state index in [0.29, 0.717) is 5.75 Å². The predicted octanol–water partition coefficient (Wildman–Crippen LogP) is 1.52. The van der Waals surface area contributed by atoms with Gasteiger partial charge in [0.1, 0.15) is 0 Å². The van der Waals surface area contributed by atoms with Gasteiger partial charge in [0.15, 0.2) is 0 Å². The quantitative estimate of drug-likeness (QED) is 0.806. The molecule has 1 rings (SSSR count). The van der Waals surface area contributed by atoms with Crippen LogP contribution in [0.15, 0.2) is 0 Å². The SMILES string of the molecule is CC(CCS(C)=O)NC(C)C(=O)N1CCCCCC1. The van der Waals surface area contributed by atoms with E-state index in [2.05, 4.69) is 12.2 Å². The third kappa shape index (κ3) is 6.52. The van der Waals surface area contributed by atoms with E-state index >= 15 is 0 Å². The molecule has 0 saturated carbocycles. The highest BCUT2D eigenvalue weighted by Crippen LogP contribution is 2.11. The van der Waals surface area contributed by atoms with Crippen molar-refractivity contribution in [1.29, 1.82) is 0 Å². The van der Waals surface area contributed by atoms with Gasteiger partial charge in [0.05, 0.1) is 6.04 Å². The van der Waals surface area contributed by atoms with Gasteiger partial charge in [-0.05, 0) is 33.1 Å². The Morgan fingerprint density at radius 1 is 1.21 bits per heavy atom. The van der Waals surface area contributed by atoms with Crippen molar-refractivity contribution in [2.45, 2.75) is 58.0 Å². The van der Waals surface area contributed by atoms with Crippen molar-refractivity contribution in [2.75, 3.05) is 25.1 Å². The molecule has 19 heavy (non-hydrogen) atoms. The minimum atomic E-state index is -0.754. The van der Waals surface area contributed by atoms with Gasteiger partial charge in [-0.1, -0.05) is 12.8 Å². The van der Waals surface area contributed by atoms with Crippen LogP contribution in [0.3, 0.4) is 0 Å². The summed E-state index contributed by atoms with van der Waals surface area (Å²) in [4.78, 5) is 14.3. The number of nitrogens with zero attached hydrogens (tertiary/aromatic N) is 1. The van der Waals surface area contributed by atoms with E-state index in [1.807, 2.05) is 11.8 Å². The molecule has 1 heterocycles. The first-order valence-electron chi connectivity index (χ1n) is 7.35. The number of rotatable bonds is 6. The van der Waals surface area contributed by atoms with Crippen LogP contribution in [0.25, 0.3) is 0 Å². The number of hydrogen-bond donors (Lipinski definition) is 1. The third-order valence-electron chi connectivity index (χ3n) is 3.66. The molecule has 0 spiro atoms. The van der Waals surface area contributed by atoms with Crippen LogP contribution in [-0.4, -0.2) is 52.2 Å². The van der Waals surface area contributed by atoms with Gasteiger partial charge >= 0.3 is 0 Å². The molecule has 1 fully saturated rings. The minimum absolute atomic E-state index is 0.140. The van der Waals surface area contributed by atoms with Gasteiger partial charge in [-0.3, -0.25) is 9.00 Å². The van der Waals surface area contributed by atoms with Crippen LogP contribution in [-0.2, 0) is 15.6 Å². The predicted molar refractivity (Wildman–Crippen MR) is 80.7 cm³/mol. The summed E-state index contributed by atoms with van der Waals surface area (Å²) in [6.07, 6.45) is 7.31. The molecule has 0 aromatic heterocycles. The van der Waals surface area contributed by atoms with Crippen molar-refractivity contribution in [3.05, 3.63) is 0 Å². The van der Waals surface area contributed by atoms with Crippen molar-refractivity contribution in [3.63, 3.8) is 0 Å².